The van der Waals surface area contributed by atoms with Crippen LogP contribution in [-0.4, -0.2) is 38.2 Å². The van der Waals surface area contributed by atoms with Crippen molar-refractivity contribution in [3.8, 4) is 5.69 Å². The maximum Gasteiger partial charge on any atom is 0.352 e. The molecule has 3 aromatic rings. The first-order chi connectivity index (χ1) is 14.0. The van der Waals surface area contributed by atoms with Gasteiger partial charge in [-0.25, -0.2) is 9.18 Å². The van der Waals surface area contributed by atoms with Crippen LogP contribution in [-0.2, 0) is 6.54 Å². The van der Waals surface area contributed by atoms with E-state index in [4.69, 9.17) is 0 Å². The molecule has 0 spiro atoms. The standard InChI is InChI=1S/C21H21FN4O3/c1-3-24(4-2)19(27)18-20(28)25(14-15-8-6-5-7-9-15)21(29)26(23-18)17-12-10-16(22)11-13-17/h5-13H,3-4,14H2,1-2H3. The van der Waals surface area contributed by atoms with Crippen LogP contribution < -0.4 is 11.2 Å². The summed E-state index contributed by atoms with van der Waals surface area (Å²) in [5, 5.41) is 4.05. The van der Waals surface area contributed by atoms with Gasteiger partial charge in [0, 0.05) is 13.1 Å². The summed E-state index contributed by atoms with van der Waals surface area (Å²) in [5.74, 6) is -1.03. The lowest BCUT2D eigenvalue weighted by atomic mass is 10.2. The number of rotatable bonds is 6. The van der Waals surface area contributed by atoms with E-state index < -0.39 is 23.0 Å². The Morgan fingerprint density at radius 3 is 2.21 bits per heavy atom. The van der Waals surface area contributed by atoms with Gasteiger partial charge >= 0.3 is 5.69 Å². The van der Waals surface area contributed by atoms with Crippen LogP contribution in [0.5, 0.6) is 0 Å². The number of aromatic nitrogens is 3. The zero-order chi connectivity index (χ0) is 21.0. The van der Waals surface area contributed by atoms with Gasteiger partial charge in [0.1, 0.15) is 5.82 Å². The summed E-state index contributed by atoms with van der Waals surface area (Å²) in [7, 11) is 0. The van der Waals surface area contributed by atoms with Gasteiger partial charge < -0.3 is 4.90 Å². The molecule has 0 bridgehead atoms. The highest BCUT2D eigenvalue weighted by Crippen LogP contribution is 2.07. The molecule has 0 radical (unpaired) electrons. The molecular weight excluding hydrogens is 375 g/mol. The van der Waals surface area contributed by atoms with E-state index in [1.165, 1.54) is 29.2 Å². The topological polar surface area (TPSA) is 77.2 Å². The molecular formula is C21H21FN4O3. The first-order valence-electron chi connectivity index (χ1n) is 9.29. The highest BCUT2D eigenvalue weighted by Gasteiger charge is 2.23. The Kier molecular flexibility index (Phi) is 6.01. The molecule has 1 heterocycles. The van der Waals surface area contributed by atoms with E-state index in [0.29, 0.717) is 13.1 Å². The number of nitrogens with zero attached hydrogens (tertiary/aromatic N) is 4. The van der Waals surface area contributed by atoms with Gasteiger partial charge in [0.05, 0.1) is 12.2 Å². The molecule has 0 unspecified atom stereocenters. The van der Waals surface area contributed by atoms with Gasteiger partial charge in [-0.1, -0.05) is 30.3 Å². The lowest BCUT2D eigenvalue weighted by Crippen LogP contribution is -2.46. The summed E-state index contributed by atoms with van der Waals surface area (Å²) >= 11 is 0. The second-order valence-corrected chi connectivity index (χ2v) is 6.37. The number of hydrogen-bond donors (Lipinski definition) is 0. The lowest BCUT2D eigenvalue weighted by Gasteiger charge is -2.19. The largest absolute Gasteiger partial charge is 0.352 e. The molecule has 3 rings (SSSR count). The van der Waals surface area contributed by atoms with Crippen LogP contribution in [0.3, 0.4) is 0 Å². The third-order valence-corrected chi connectivity index (χ3v) is 4.57. The molecule has 29 heavy (non-hydrogen) atoms. The molecule has 0 saturated carbocycles. The van der Waals surface area contributed by atoms with Crippen molar-refractivity contribution in [2.24, 2.45) is 0 Å². The van der Waals surface area contributed by atoms with E-state index in [9.17, 15) is 18.8 Å². The Morgan fingerprint density at radius 1 is 1.00 bits per heavy atom. The fourth-order valence-corrected chi connectivity index (χ4v) is 2.97. The molecule has 0 atom stereocenters. The van der Waals surface area contributed by atoms with Crippen LogP contribution >= 0.6 is 0 Å². The Labute approximate surface area is 166 Å². The van der Waals surface area contributed by atoms with Crippen LogP contribution in [0.1, 0.15) is 29.9 Å². The van der Waals surface area contributed by atoms with Crippen molar-refractivity contribution in [3.63, 3.8) is 0 Å². The van der Waals surface area contributed by atoms with Crippen LogP contribution in [0.4, 0.5) is 4.39 Å². The maximum atomic E-state index is 13.3. The Hall–Kier alpha value is -3.55. The van der Waals surface area contributed by atoms with Gasteiger partial charge in [0.15, 0.2) is 0 Å². The third kappa shape index (κ3) is 4.16. The minimum Gasteiger partial charge on any atom is -0.338 e. The van der Waals surface area contributed by atoms with Gasteiger partial charge in [-0.05, 0) is 43.7 Å². The third-order valence-electron chi connectivity index (χ3n) is 4.57. The number of benzene rings is 2. The molecule has 2 aromatic carbocycles. The zero-order valence-electron chi connectivity index (χ0n) is 16.2. The minimum absolute atomic E-state index is 0.0131. The maximum absolute atomic E-state index is 13.3. The highest BCUT2D eigenvalue weighted by atomic mass is 19.1. The van der Waals surface area contributed by atoms with E-state index in [2.05, 4.69) is 5.10 Å². The number of amides is 1. The fraction of sp³-hybridized carbons (Fsp3) is 0.238. The van der Waals surface area contributed by atoms with Gasteiger partial charge in [0.25, 0.3) is 11.5 Å². The second-order valence-electron chi connectivity index (χ2n) is 6.37. The van der Waals surface area contributed by atoms with Crippen molar-refractivity contribution in [2.45, 2.75) is 20.4 Å². The van der Waals surface area contributed by atoms with E-state index in [1.807, 2.05) is 6.07 Å². The van der Waals surface area contributed by atoms with Crippen molar-refractivity contribution in [1.29, 1.82) is 0 Å². The van der Waals surface area contributed by atoms with Crippen molar-refractivity contribution >= 4 is 5.91 Å². The molecule has 0 N–H and O–H groups in total. The highest BCUT2D eigenvalue weighted by molar-refractivity contribution is 5.91. The molecule has 0 aliphatic rings. The van der Waals surface area contributed by atoms with Crippen molar-refractivity contribution in [1.82, 2.24) is 19.2 Å². The van der Waals surface area contributed by atoms with E-state index in [0.717, 1.165) is 14.8 Å². The Bertz CT molecular complexity index is 1120. The molecule has 150 valence electrons. The van der Waals surface area contributed by atoms with E-state index >= 15 is 0 Å². The molecule has 8 heteroatoms. The number of hydrogen-bond acceptors (Lipinski definition) is 4. The summed E-state index contributed by atoms with van der Waals surface area (Å²) < 4.78 is 15.2. The van der Waals surface area contributed by atoms with Gasteiger partial charge in [-0.3, -0.25) is 14.2 Å². The van der Waals surface area contributed by atoms with Crippen molar-refractivity contribution < 1.29 is 9.18 Å². The van der Waals surface area contributed by atoms with Crippen LogP contribution in [0.2, 0.25) is 0 Å². The molecule has 7 nitrogen and oxygen atoms in total. The first-order valence-corrected chi connectivity index (χ1v) is 9.29. The fourth-order valence-electron chi connectivity index (χ4n) is 2.97. The van der Waals surface area contributed by atoms with E-state index in [-0.39, 0.29) is 17.9 Å². The summed E-state index contributed by atoms with van der Waals surface area (Å²) in [6.07, 6.45) is 0. The summed E-state index contributed by atoms with van der Waals surface area (Å²) in [5.41, 5.74) is -0.833. The molecule has 0 aliphatic heterocycles. The van der Waals surface area contributed by atoms with Gasteiger partial charge in [0.2, 0.25) is 5.69 Å². The minimum atomic E-state index is -0.755. The quantitative estimate of drug-likeness (QED) is 0.639. The normalized spacial score (nSPS) is 10.7. The number of carbonyl (C=O) groups is 1. The van der Waals surface area contributed by atoms with Crippen molar-refractivity contribution in [2.75, 3.05) is 13.1 Å². The average Bonchev–Trinajstić information content (AvgIpc) is 2.73. The average molecular weight is 396 g/mol. The van der Waals surface area contributed by atoms with Crippen LogP contribution in [0.15, 0.2) is 64.2 Å². The molecule has 0 aliphatic carbocycles. The Morgan fingerprint density at radius 2 is 1.62 bits per heavy atom. The molecule has 0 saturated heterocycles. The number of halogens is 1. The summed E-state index contributed by atoms with van der Waals surface area (Å²) in [6, 6.07) is 14.1. The van der Waals surface area contributed by atoms with E-state index in [1.54, 1.807) is 38.1 Å². The first kappa shape index (κ1) is 20.2. The zero-order valence-corrected chi connectivity index (χ0v) is 16.2. The lowest BCUT2D eigenvalue weighted by molar-refractivity contribution is 0.0761. The monoisotopic (exact) mass is 396 g/mol. The van der Waals surface area contributed by atoms with Crippen molar-refractivity contribution in [3.05, 3.63) is 92.5 Å². The van der Waals surface area contributed by atoms with Gasteiger partial charge in [-0.15, -0.1) is 0 Å². The SMILES string of the molecule is CCN(CC)C(=O)c1nn(-c2ccc(F)cc2)c(=O)n(Cc2ccccc2)c1=O. The van der Waals surface area contributed by atoms with Gasteiger partial charge in [-0.2, -0.15) is 9.78 Å². The molecule has 1 aromatic heterocycles. The van der Waals surface area contributed by atoms with Crippen LogP contribution in [0.25, 0.3) is 5.69 Å². The smallest absolute Gasteiger partial charge is 0.338 e. The second kappa shape index (κ2) is 8.64. The predicted octanol–water partition coefficient (Wildman–Crippen LogP) is 2.06. The Balaban J connectivity index is 2.23. The molecule has 1 amide bonds. The summed E-state index contributed by atoms with van der Waals surface area (Å²) in [4.78, 5) is 40.3. The predicted molar refractivity (Wildman–Crippen MR) is 107 cm³/mol. The van der Waals surface area contributed by atoms with Crippen LogP contribution in [0, 0.1) is 5.82 Å². The molecule has 0 fully saturated rings. The summed E-state index contributed by atoms with van der Waals surface area (Å²) in [6.45, 7) is 4.36. The number of carbonyl (C=O) groups excluding carboxylic acids is 1.